The summed E-state index contributed by atoms with van der Waals surface area (Å²) >= 11 is 5.24. The van der Waals surface area contributed by atoms with Crippen molar-refractivity contribution in [2.45, 2.75) is 0 Å². The molecule has 7 heteroatoms. The van der Waals surface area contributed by atoms with E-state index in [4.69, 9.17) is 9.79 Å². The van der Waals surface area contributed by atoms with E-state index in [2.05, 4.69) is 18.4 Å². The fraction of sp³-hybridized carbons (Fsp3) is 0.333. The summed E-state index contributed by atoms with van der Waals surface area (Å²) in [5, 5.41) is 0. The molecule has 0 aromatic heterocycles. The Kier molecular flexibility index (Phi) is 14.6. The summed E-state index contributed by atoms with van der Waals surface area (Å²) in [5.74, 6) is 0.504. The van der Waals surface area contributed by atoms with Crippen LogP contribution in [0.15, 0.2) is 12.7 Å². The SMILES string of the molecule is C=CCSP(O)(O)=S.O.[Mo]. The van der Waals surface area contributed by atoms with Crippen LogP contribution in [0.3, 0.4) is 0 Å². The molecule has 0 heterocycles. The average molecular weight is 284 g/mol. The molecule has 4 N–H and O–H groups in total. The predicted octanol–water partition coefficient (Wildman–Crippen LogP) is 0.288. The van der Waals surface area contributed by atoms with Gasteiger partial charge in [-0.1, -0.05) is 17.5 Å². The van der Waals surface area contributed by atoms with Gasteiger partial charge in [0, 0.05) is 26.8 Å². The van der Waals surface area contributed by atoms with E-state index >= 15 is 0 Å². The summed E-state index contributed by atoms with van der Waals surface area (Å²) in [6.45, 7) is 3.39. The molecule has 3 nitrogen and oxygen atoms in total. The van der Waals surface area contributed by atoms with Crippen LogP contribution in [-0.2, 0) is 32.9 Å². The summed E-state index contributed by atoms with van der Waals surface area (Å²) in [6, 6.07) is 0. The maximum absolute atomic E-state index is 8.55. The van der Waals surface area contributed by atoms with Crippen molar-refractivity contribution in [1.82, 2.24) is 0 Å². The van der Waals surface area contributed by atoms with Gasteiger partial charge in [-0.25, -0.2) is 0 Å². The number of hydrogen-bond acceptors (Lipinski definition) is 2. The number of hydrogen-bond donors (Lipinski definition) is 2. The third-order valence-electron chi connectivity index (χ3n) is 0.361. The van der Waals surface area contributed by atoms with Gasteiger partial charge < -0.3 is 15.3 Å². The maximum atomic E-state index is 8.55. The van der Waals surface area contributed by atoms with Crippen LogP contribution in [0.5, 0.6) is 0 Å². The summed E-state index contributed by atoms with van der Waals surface area (Å²) in [7, 11) is 0. The van der Waals surface area contributed by atoms with Crippen molar-refractivity contribution in [3.8, 4) is 0 Å². The molecule has 0 aromatic rings. The molecule has 0 radical (unpaired) electrons. The van der Waals surface area contributed by atoms with Gasteiger partial charge in [0.2, 0.25) is 5.69 Å². The fourth-order valence-corrected chi connectivity index (χ4v) is 1.90. The van der Waals surface area contributed by atoms with E-state index in [9.17, 15) is 0 Å². The standard InChI is InChI=1S/C3H7O2PS2.Mo.H2O/c1-2-3-8-6(4,5)7;;/h2H,1,3H2,(H2,4,5,7);;1H2. The van der Waals surface area contributed by atoms with E-state index in [0.29, 0.717) is 5.75 Å². The smallest absolute Gasteiger partial charge is 0.242 e. The average Bonchev–Trinajstić information content (AvgIpc) is 1.59. The van der Waals surface area contributed by atoms with Crippen molar-refractivity contribution in [1.29, 1.82) is 0 Å². The van der Waals surface area contributed by atoms with Crippen molar-refractivity contribution >= 4 is 28.9 Å². The molecule has 0 aliphatic carbocycles. The van der Waals surface area contributed by atoms with Crippen LogP contribution in [0.25, 0.3) is 0 Å². The molecule has 0 aromatic carbocycles. The Morgan fingerprint density at radius 1 is 1.60 bits per heavy atom. The minimum atomic E-state index is -3.00. The molecule has 0 amide bonds. The Balaban J connectivity index is -0.000000245. The van der Waals surface area contributed by atoms with Gasteiger partial charge >= 0.3 is 0 Å². The Morgan fingerprint density at radius 3 is 2.10 bits per heavy atom. The van der Waals surface area contributed by atoms with E-state index in [-0.39, 0.29) is 26.5 Å². The first-order chi connectivity index (χ1) is 3.56. The third kappa shape index (κ3) is 16.1. The van der Waals surface area contributed by atoms with Gasteiger partial charge in [-0.3, -0.25) is 0 Å². The topological polar surface area (TPSA) is 72.0 Å². The van der Waals surface area contributed by atoms with Gasteiger partial charge in [0.05, 0.1) is 0 Å². The van der Waals surface area contributed by atoms with Crippen LogP contribution < -0.4 is 0 Å². The molecule has 0 saturated heterocycles. The van der Waals surface area contributed by atoms with E-state index < -0.39 is 5.69 Å². The fourth-order valence-electron chi connectivity index (χ4n) is 0.150. The van der Waals surface area contributed by atoms with Crippen LogP contribution in [-0.4, -0.2) is 21.0 Å². The van der Waals surface area contributed by atoms with Crippen molar-refractivity contribution in [2.24, 2.45) is 0 Å². The first kappa shape index (κ1) is 17.4. The molecule has 0 unspecified atom stereocenters. The zero-order chi connectivity index (χ0) is 6.62. The second kappa shape index (κ2) is 8.41. The molecule has 62 valence electrons. The summed E-state index contributed by atoms with van der Waals surface area (Å²) < 4.78 is 0. The molecule has 0 saturated carbocycles. The molecule has 0 fully saturated rings. The van der Waals surface area contributed by atoms with Crippen LogP contribution in [0, 0.1) is 0 Å². The Morgan fingerprint density at radius 2 is 2.00 bits per heavy atom. The molecular weight excluding hydrogens is 275 g/mol. The minimum absolute atomic E-state index is 0. The second-order valence-corrected chi connectivity index (χ2v) is 7.17. The van der Waals surface area contributed by atoms with Crippen molar-refractivity contribution in [2.75, 3.05) is 5.75 Å². The zero-order valence-electron chi connectivity index (χ0n) is 5.06. The molecular formula is C3H9MoO3PS2. The summed E-state index contributed by atoms with van der Waals surface area (Å²) in [4.78, 5) is 17.1. The van der Waals surface area contributed by atoms with Crippen LogP contribution in [0.1, 0.15) is 0 Å². The molecule has 0 spiro atoms. The first-order valence-corrected chi connectivity index (χ1v) is 6.17. The van der Waals surface area contributed by atoms with Gasteiger partial charge in [-0.15, -0.1) is 6.58 Å². The van der Waals surface area contributed by atoms with Crippen molar-refractivity contribution < 1.29 is 36.3 Å². The minimum Gasteiger partial charge on any atom is -0.412 e. The Labute approximate surface area is 83.4 Å². The summed E-state index contributed by atoms with van der Waals surface area (Å²) in [5.41, 5.74) is -3.00. The van der Waals surface area contributed by atoms with Gasteiger partial charge in [0.15, 0.2) is 0 Å². The van der Waals surface area contributed by atoms with Crippen LogP contribution >= 0.6 is 17.1 Å². The van der Waals surface area contributed by atoms with Gasteiger partial charge in [0.25, 0.3) is 0 Å². The molecule has 0 bridgehead atoms. The van der Waals surface area contributed by atoms with E-state index in [1.807, 2.05) is 0 Å². The molecule has 0 aliphatic heterocycles. The molecule has 10 heavy (non-hydrogen) atoms. The Hall–Kier alpha value is 1.31. The van der Waals surface area contributed by atoms with Crippen LogP contribution in [0.2, 0.25) is 0 Å². The normalized spacial score (nSPS) is 9.00. The quantitative estimate of drug-likeness (QED) is 0.444. The van der Waals surface area contributed by atoms with E-state index in [1.165, 1.54) is 0 Å². The van der Waals surface area contributed by atoms with Crippen molar-refractivity contribution in [3.63, 3.8) is 0 Å². The maximum Gasteiger partial charge on any atom is 0.242 e. The van der Waals surface area contributed by atoms with Crippen molar-refractivity contribution in [3.05, 3.63) is 12.7 Å². The van der Waals surface area contributed by atoms with Gasteiger partial charge in [0.1, 0.15) is 0 Å². The van der Waals surface area contributed by atoms with Gasteiger partial charge in [-0.05, 0) is 11.8 Å². The monoisotopic (exact) mass is 286 g/mol. The zero-order valence-corrected chi connectivity index (χ0v) is 9.59. The summed E-state index contributed by atoms with van der Waals surface area (Å²) in [6.07, 6.45) is 1.58. The van der Waals surface area contributed by atoms with E-state index in [0.717, 1.165) is 11.4 Å². The Bertz CT molecular complexity index is 125. The third-order valence-corrected chi connectivity index (χ3v) is 3.49. The number of rotatable bonds is 3. The van der Waals surface area contributed by atoms with Gasteiger partial charge in [-0.2, -0.15) is 0 Å². The largest absolute Gasteiger partial charge is 0.412 e. The molecule has 0 rings (SSSR count). The predicted molar refractivity (Wildman–Crippen MR) is 45.0 cm³/mol. The molecule has 0 aliphatic rings. The first-order valence-electron chi connectivity index (χ1n) is 1.87. The molecule has 0 atom stereocenters. The van der Waals surface area contributed by atoms with E-state index in [1.54, 1.807) is 6.08 Å². The van der Waals surface area contributed by atoms with Crippen LogP contribution in [0.4, 0.5) is 0 Å². The second-order valence-electron chi connectivity index (χ2n) is 1.08.